The van der Waals surface area contributed by atoms with Crippen molar-refractivity contribution in [3.8, 4) is 0 Å². The zero-order valence-corrected chi connectivity index (χ0v) is 13.1. The lowest BCUT2D eigenvalue weighted by atomic mass is 9.98. The second-order valence-corrected chi connectivity index (χ2v) is 7.09. The van der Waals surface area contributed by atoms with Crippen LogP contribution in [0, 0.1) is 5.41 Å². The van der Waals surface area contributed by atoms with E-state index in [0.717, 1.165) is 0 Å². The molecule has 3 rings (SSSR count). The molecule has 21 heavy (non-hydrogen) atoms. The van der Waals surface area contributed by atoms with Crippen LogP contribution in [0.2, 0.25) is 0 Å². The van der Waals surface area contributed by atoms with Crippen molar-refractivity contribution in [2.45, 2.75) is 63.9 Å². The number of fused-ring (bicyclic) bond motifs is 3. The second-order valence-electron chi connectivity index (χ2n) is 7.09. The Morgan fingerprint density at radius 1 is 1.29 bits per heavy atom. The summed E-state index contributed by atoms with van der Waals surface area (Å²) in [5, 5.41) is 18.8. The van der Waals surface area contributed by atoms with Gasteiger partial charge in [0, 0.05) is 6.04 Å². The largest absolute Gasteiger partial charge is 0.474 e. The molecule has 4 atom stereocenters. The standard InChI is InChI=1S/C17H24N2O2/c1-10-11-7-5-6-8-12(11)15-14(20)9-13(19(10)15)16(18)21-17(2,3)4/h5-8,10,13-15,18,20H,9H2,1-4H3/t10?,13?,14-,15?/m1/s1. The zero-order chi connectivity index (χ0) is 15.4. The highest BCUT2D eigenvalue weighted by Crippen LogP contribution is 2.50. The van der Waals surface area contributed by atoms with Gasteiger partial charge < -0.3 is 9.84 Å². The molecule has 0 aliphatic carbocycles. The highest BCUT2D eigenvalue weighted by atomic mass is 16.5. The van der Waals surface area contributed by atoms with Gasteiger partial charge in [-0.1, -0.05) is 24.3 Å². The average molecular weight is 288 g/mol. The van der Waals surface area contributed by atoms with Crippen LogP contribution in [0.3, 0.4) is 0 Å². The van der Waals surface area contributed by atoms with E-state index in [0.29, 0.717) is 6.42 Å². The van der Waals surface area contributed by atoms with E-state index >= 15 is 0 Å². The summed E-state index contributed by atoms with van der Waals surface area (Å²) >= 11 is 0. The van der Waals surface area contributed by atoms with Gasteiger partial charge >= 0.3 is 0 Å². The number of aliphatic hydroxyl groups is 1. The maximum atomic E-state index is 10.5. The van der Waals surface area contributed by atoms with Gasteiger partial charge in [0.25, 0.3) is 0 Å². The van der Waals surface area contributed by atoms with E-state index in [1.54, 1.807) is 0 Å². The molecule has 114 valence electrons. The van der Waals surface area contributed by atoms with E-state index in [-0.39, 0.29) is 29.6 Å². The van der Waals surface area contributed by atoms with Gasteiger partial charge in [0.1, 0.15) is 5.60 Å². The van der Waals surface area contributed by atoms with Gasteiger partial charge in [-0.05, 0) is 45.2 Å². The lowest BCUT2D eigenvalue weighted by Crippen LogP contribution is -2.40. The highest BCUT2D eigenvalue weighted by molar-refractivity contribution is 5.80. The van der Waals surface area contributed by atoms with Gasteiger partial charge in [-0.3, -0.25) is 10.3 Å². The molecular weight excluding hydrogens is 264 g/mol. The fraction of sp³-hybridized carbons (Fsp3) is 0.588. The number of aliphatic hydroxyl groups excluding tert-OH is 1. The van der Waals surface area contributed by atoms with Crippen molar-refractivity contribution in [3.63, 3.8) is 0 Å². The van der Waals surface area contributed by atoms with Gasteiger partial charge in [-0.25, -0.2) is 0 Å². The van der Waals surface area contributed by atoms with Crippen molar-refractivity contribution >= 4 is 5.90 Å². The van der Waals surface area contributed by atoms with Crippen molar-refractivity contribution in [1.29, 1.82) is 5.41 Å². The zero-order valence-electron chi connectivity index (χ0n) is 13.1. The Morgan fingerprint density at radius 2 is 1.90 bits per heavy atom. The number of nitrogens with zero attached hydrogens (tertiary/aromatic N) is 1. The maximum Gasteiger partial charge on any atom is 0.198 e. The van der Waals surface area contributed by atoms with Crippen LogP contribution < -0.4 is 0 Å². The first-order chi connectivity index (χ1) is 9.79. The molecule has 0 aromatic heterocycles. The van der Waals surface area contributed by atoms with Crippen LogP contribution in [0.25, 0.3) is 0 Å². The third-order valence-corrected chi connectivity index (χ3v) is 4.44. The average Bonchev–Trinajstić information content (AvgIpc) is 2.87. The third kappa shape index (κ3) is 2.36. The summed E-state index contributed by atoms with van der Waals surface area (Å²) in [5.74, 6) is 0.267. The van der Waals surface area contributed by atoms with E-state index in [1.165, 1.54) is 11.1 Å². The number of hydrogen-bond donors (Lipinski definition) is 2. The molecule has 2 N–H and O–H groups in total. The smallest absolute Gasteiger partial charge is 0.198 e. The normalized spacial score (nSPS) is 31.9. The quantitative estimate of drug-likeness (QED) is 0.617. The summed E-state index contributed by atoms with van der Waals surface area (Å²) in [4.78, 5) is 2.24. The number of benzene rings is 1. The summed E-state index contributed by atoms with van der Waals surface area (Å²) in [6.45, 7) is 8.00. The minimum Gasteiger partial charge on any atom is -0.474 e. The molecule has 0 bridgehead atoms. The van der Waals surface area contributed by atoms with Crippen LogP contribution in [0.5, 0.6) is 0 Å². The summed E-state index contributed by atoms with van der Waals surface area (Å²) in [6.07, 6.45) is 0.128. The summed E-state index contributed by atoms with van der Waals surface area (Å²) in [7, 11) is 0. The van der Waals surface area contributed by atoms with Gasteiger partial charge in [0.05, 0.1) is 18.2 Å². The van der Waals surface area contributed by atoms with Crippen molar-refractivity contribution in [3.05, 3.63) is 35.4 Å². The Bertz CT molecular complexity index is 564. The topological polar surface area (TPSA) is 56.6 Å². The molecule has 4 nitrogen and oxygen atoms in total. The first kappa shape index (κ1) is 14.5. The van der Waals surface area contributed by atoms with Crippen LogP contribution in [0.1, 0.15) is 57.3 Å². The molecule has 0 saturated carbocycles. The van der Waals surface area contributed by atoms with Crippen molar-refractivity contribution in [2.24, 2.45) is 0 Å². The highest BCUT2D eigenvalue weighted by Gasteiger charge is 2.51. The van der Waals surface area contributed by atoms with Crippen LogP contribution in [-0.4, -0.2) is 33.7 Å². The fourth-order valence-corrected chi connectivity index (χ4v) is 3.71. The van der Waals surface area contributed by atoms with E-state index < -0.39 is 6.10 Å². The van der Waals surface area contributed by atoms with Crippen LogP contribution in [-0.2, 0) is 4.74 Å². The Morgan fingerprint density at radius 3 is 2.52 bits per heavy atom. The molecule has 0 amide bonds. The van der Waals surface area contributed by atoms with Gasteiger partial charge in [-0.2, -0.15) is 0 Å². The van der Waals surface area contributed by atoms with Crippen molar-refractivity contribution in [1.82, 2.24) is 4.90 Å². The molecule has 1 fully saturated rings. The minimum atomic E-state index is -0.440. The Kier molecular flexibility index (Phi) is 3.34. The molecule has 1 aromatic carbocycles. The second kappa shape index (κ2) is 4.82. The molecule has 2 aliphatic rings. The number of ether oxygens (including phenoxy) is 1. The molecule has 0 radical (unpaired) electrons. The Balaban J connectivity index is 1.91. The van der Waals surface area contributed by atoms with Gasteiger partial charge in [0.2, 0.25) is 0 Å². The molecule has 1 saturated heterocycles. The SMILES string of the molecule is CC1c2ccccc2C2[C@H](O)CC(C(=N)OC(C)(C)C)N12. The molecule has 3 unspecified atom stereocenters. The minimum absolute atomic E-state index is 0.00915. The monoisotopic (exact) mass is 288 g/mol. The van der Waals surface area contributed by atoms with E-state index in [2.05, 4.69) is 24.0 Å². The Hall–Kier alpha value is -1.39. The van der Waals surface area contributed by atoms with Crippen molar-refractivity contribution < 1.29 is 9.84 Å². The predicted molar refractivity (Wildman–Crippen MR) is 82.4 cm³/mol. The van der Waals surface area contributed by atoms with Gasteiger partial charge in [-0.15, -0.1) is 0 Å². The summed E-state index contributed by atoms with van der Waals surface area (Å²) in [6, 6.07) is 8.32. The number of hydrogen-bond acceptors (Lipinski definition) is 4. The first-order valence-corrected chi connectivity index (χ1v) is 7.61. The first-order valence-electron chi connectivity index (χ1n) is 7.61. The molecule has 1 aromatic rings. The summed E-state index contributed by atoms with van der Waals surface area (Å²) in [5.41, 5.74) is 2.08. The van der Waals surface area contributed by atoms with E-state index in [4.69, 9.17) is 10.1 Å². The van der Waals surface area contributed by atoms with Crippen LogP contribution in [0.4, 0.5) is 0 Å². The number of nitrogens with one attached hydrogen (secondary N) is 1. The molecule has 4 heteroatoms. The number of rotatable bonds is 1. The molecule has 2 heterocycles. The summed E-state index contributed by atoms with van der Waals surface area (Å²) < 4.78 is 5.76. The van der Waals surface area contributed by atoms with Crippen molar-refractivity contribution in [2.75, 3.05) is 0 Å². The van der Waals surface area contributed by atoms with Crippen LogP contribution in [0.15, 0.2) is 24.3 Å². The van der Waals surface area contributed by atoms with Crippen LogP contribution >= 0.6 is 0 Å². The molecule has 0 spiro atoms. The lowest BCUT2D eigenvalue weighted by Gasteiger charge is -2.31. The van der Waals surface area contributed by atoms with E-state index in [9.17, 15) is 5.11 Å². The van der Waals surface area contributed by atoms with E-state index in [1.807, 2.05) is 32.9 Å². The molecule has 2 aliphatic heterocycles. The maximum absolute atomic E-state index is 10.5. The fourth-order valence-electron chi connectivity index (χ4n) is 3.71. The lowest BCUT2D eigenvalue weighted by molar-refractivity contribution is 0.0821. The van der Waals surface area contributed by atoms with Gasteiger partial charge in [0.15, 0.2) is 5.90 Å². The third-order valence-electron chi connectivity index (χ3n) is 4.44. The predicted octanol–water partition coefficient (Wildman–Crippen LogP) is 3.03. The molecular formula is C17H24N2O2. The Labute approximate surface area is 126 Å².